The van der Waals surface area contributed by atoms with Gasteiger partial charge in [0.15, 0.2) is 5.84 Å². The monoisotopic (exact) mass is 289 g/mol. The number of nitrogens with zero attached hydrogens (tertiary/aromatic N) is 1. The van der Waals surface area contributed by atoms with Crippen molar-refractivity contribution in [2.45, 2.75) is 32.6 Å². The van der Waals surface area contributed by atoms with Gasteiger partial charge < -0.3 is 16.3 Å². The molecular weight excluding hydrogens is 266 g/mol. The van der Waals surface area contributed by atoms with Crippen LogP contribution in [0.25, 0.3) is 0 Å². The number of nitrogens with one attached hydrogen (secondary N) is 1. The molecule has 0 bridgehead atoms. The van der Waals surface area contributed by atoms with Gasteiger partial charge in [0.2, 0.25) is 0 Å². The number of hydrogen-bond acceptors (Lipinski definition) is 3. The van der Waals surface area contributed by atoms with E-state index in [2.05, 4.69) is 17.4 Å². The second-order valence-electron chi connectivity index (χ2n) is 5.91. The van der Waals surface area contributed by atoms with Crippen LogP contribution in [-0.4, -0.2) is 23.5 Å². The third-order valence-electron chi connectivity index (χ3n) is 4.12. The Morgan fingerprint density at radius 1 is 1.43 bits per heavy atom. The standard InChI is InChI=1S/C16H23N3O2/c1-11-4-2-5-12(8-11)10-18-16(20)14-7-3-6-13(9-14)15(17)19-21/h3,6-7,9,11-12,21H,2,4-5,8,10H2,1H3,(H2,17,19)(H,18,20). The number of oxime groups is 1. The number of hydrogen-bond donors (Lipinski definition) is 3. The van der Waals surface area contributed by atoms with Gasteiger partial charge in [-0.15, -0.1) is 0 Å². The van der Waals surface area contributed by atoms with E-state index in [0.717, 1.165) is 12.5 Å². The molecule has 1 amide bonds. The van der Waals surface area contributed by atoms with Crippen molar-refractivity contribution < 1.29 is 10.0 Å². The lowest BCUT2D eigenvalue weighted by atomic mass is 9.82. The molecule has 1 aliphatic rings. The lowest BCUT2D eigenvalue weighted by molar-refractivity contribution is 0.0940. The SMILES string of the molecule is CC1CCCC(CNC(=O)c2cccc(/C(N)=N/O)c2)C1. The summed E-state index contributed by atoms with van der Waals surface area (Å²) < 4.78 is 0. The molecule has 1 aliphatic carbocycles. The Morgan fingerprint density at radius 2 is 2.19 bits per heavy atom. The van der Waals surface area contributed by atoms with Crippen molar-refractivity contribution in [2.75, 3.05) is 6.54 Å². The van der Waals surface area contributed by atoms with Gasteiger partial charge in [-0.3, -0.25) is 4.79 Å². The van der Waals surface area contributed by atoms with Gasteiger partial charge in [-0.1, -0.05) is 37.1 Å². The third-order valence-corrected chi connectivity index (χ3v) is 4.12. The smallest absolute Gasteiger partial charge is 0.251 e. The number of amidine groups is 1. The first kappa shape index (κ1) is 15.4. The van der Waals surface area contributed by atoms with Crippen LogP contribution < -0.4 is 11.1 Å². The van der Waals surface area contributed by atoms with Gasteiger partial charge in [0.1, 0.15) is 0 Å². The number of carbonyl (C=O) groups is 1. The van der Waals surface area contributed by atoms with Gasteiger partial charge in [0, 0.05) is 17.7 Å². The van der Waals surface area contributed by atoms with Crippen LogP contribution in [0.1, 0.15) is 48.5 Å². The molecule has 1 aromatic rings. The van der Waals surface area contributed by atoms with Gasteiger partial charge in [-0.2, -0.15) is 0 Å². The molecule has 5 nitrogen and oxygen atoms in total. The van der Waals surface area contributed by atoms with E-state index in [1.54, 1.807) is 24.3 Å². The molecule has 4 N–H and O–H groups in total. The minimum Gasteiger partial charge on any atom is -0.409 e. The summed E-state index contributed by atoms with van der Waals surface area (Å²) in [6.07, 6.45) is 4.92. The van der Waals surface area contributed by atoms with Crippen LogP contribution in [0.5, 0.6) is 0 Å². The quantitative estimate of drug-likeness (QED) is 0.344. The molecule has 1 saturated carbocycles. The first-order chi connectivity index (χ1) is 10.1. The molecule has 0 aliphatic heterocycles. The predicted molar refractivity (Wildman–Crippen MR) is 82.4 cm³/mol. The summed E-state index contributed by atoms with van der Waals surface area (Å²) in [6, 6.07) is 6.79. The van der Waals surface area contributed by atoms with E-state index < -0.39 is 0 Å². The van der Waals surface area contributed by atoms with Crippen molar-refractivity contribution in [3.05, 3.63) is 35.4 Å². The largest absolute Gasteiger partial charge is 0.409 e. The second kappa shape index (κ2) is 7.11. The number of rotatable bonds is 4. The third kappa shape index (κ3) is 4.21. The molecule has 0 radical (unpaired) electrons. The maximum atomic E-state index is 12.2. The molecule has 21 heavy (non-hydrogen) atoms. The van der Waals surface area contributed by atoms with E-state index >= 15 is 0 Å². The number of benzene rings is 1. The molecule has 0 spiro atoms. The van der Waals surface area contributed by atoms with Crippen LogP contribution in [0.3, 0.4) is 0 Å². The maximum absolute atomic E-state index is 12.2. The summed E-state index contributed by atoms with van der Waals surface area (Å²) in [5.41, 5.74) is 6.61. The summed E-state index contributed by atoms with van der Waals surface area (Å²) in [4.78, 5) is 12.2. The second-order valence-corrected chi connectivity index (χ2v) is 5.91. The molecular formula is C16H23N3O2. The first-order valence-electron chi connectivity index (χ1n) is 7.46. The van der Waals surface area contributed by atoms with E-state index in [-0.39, 0.29) is 11.7 Å². The average molecular weight is 289 g/mol. The van der Waals surface area contributed by atoms with Crippen LogP contribution in [0, 0.1) is 11.8 Å². The predicted octanol–water partition coefficient (Wildman–Crippen LogP) is 2.34. The molecule has 0 aromatic heterocycles. The van der Waals surface area contributed by atoms with Crippen molar-refractivity contribution in [2.24, 2.45) is 22.7 Å². The van der Waals surface area contributed by atoms with Crippen molar-refractivity contribution in [3.8, 4) is 0 Å². The Morgan fingerprint density at radius 3 is 2.90 bits per heavy atom. The highest BCUT2D eigenvalue weighted by Gasteiger charge is 2.19. The van der Waals surface area contributed by atoms with Crippen LogP contribution in [0.15, 0.2) is 29.4 Å². The minimum atomic E-state index is -0.110. The van der Waals surface area contributed by atoms with E-state index in [4.69, 9.17) is 10.9 Å². The zero-order valence-electron chi connectivity index (χ0n) is 12.4. The fourth-order valence-electron chi connectivity index (χ4n) is 2.96. The highest BCUT2D eigenvalue weighted by Crippen LogP contribution is 2.27. The molecule has 2 unspecified atom stereocenters. The summed E-state index contributed by atoms with van der Waals surface area (Å²) >= 11 is 0. The zero-order chi connectivity index (χ0) is 15.2. The van der Waals surface area contributed by atoms with Crippen molar-refractivity contribution in [1.29, 1.82) is 0 Å². The van der Waals surface area contributed by atoms with Crippen LogP contribution in [0.2, 0.25) is 0 Å². The lowest BCUT2D eigenvalue weighted by Gasteiger charge is -2.26. The Bertz CT molecular complexity index is 528. The Labute approximate surface area is 125 Å². The van der Waals surface area contributed by atoms with Gasteiger partial charge >= 0.3 is 0 Å². The summed E-state index contributed by atoms with van der Waals surface area (Å²) in [5.74, 6) is 1.22. The van der Waals surface area contributed by atoms with E-state index in [9.17, 15) is 4.79 Å². The van der Waals surface area contributed by atoms with Crippen LogP contribution in [0.4, 0.5) is 0 Å². The molecule has 0 saturated heterocycles. The Kier molecular flexibility index (Phi) is 5.20. The molecule has 1 aromatic carbocycles. The highest BCUT2D eigenvalue weighted by molar-refractivity contribution is 6.01. The summed E-state index contributed by atoms with van der Waals surface area (Å²) in [5, 5.41) is 14.6. The topological polar surface area (TPSA) is 87.7 Å². The highest BCUT2D eigenvalue weighted by atomic mass is 16.4. The average Bonchev–Trinajstić information content (AvgIpc) is 2.52. The van der Waals surface area contributed by atoms with E-state index in [1.165, 1.54) is 25.7 Å². The summed E-state index contributed by atoms with van der Waals surface area (Å²) in [7, 11) is 0. The van der Waals surface area contributed by atoms with Gasteiger partial charge in [0.05, 0.1) is 0 Å². The van der Waals surface area contributed by atoms with Crippen molar-refractivity contribution >= 4 is 11.7 Å². The first-order valence-corrected chi connectivity index (χ1v) is 7.46. The van der Waals surface area contributed by atoms with Crippen LogP contribution in [-0.2, 0) is 0 Å². The fourth-order valence-corrected chi connectivity index (χ4v) is 2.96. The van der Waals surface area contributed by atoms with Gasteiger partial charge in [-0.05, 0) is 36.8 Å². The van der Waals surface area contributed by atoms with Gasteiger partial charge in [-0.25, -0.2) is 0 Å². The van der Waals surface area contributed by atoms with Crippen LogP contribution >= 0.6 is 0 Å². The normalized spacial score (nSPS) is 22.8. The van der Waals surface area contributed by atoms with Crippen molar-refractivity contribution in [1.82, 2.24) is 5.32 Å². The molecule has 2 rings (SSSR count). The lowest BCUT2D eigenvalue weighted by Crippen LogP contribution is -2.31. The molecule has 114 valence electrons. The molecule has 2 atom stereocenters. The molecule has 5 heteroatoms. The molecule has 1 fully saturated rings. The number of nitrogens with two attached hydrogens (primary N) is 1. The number of carbonyl (C=O) groups excluding carboxylic acids is 1. The van der Waals surface area contributed by atoms with E-state index in [0.29, 0.717) is 17.0 Å². The Balaban J connectivity index is 1.94. The number of amides is 1. The molecule has 0 heterocycles. The fraction of sp³-hybridized carbons (Fsp3) is 0.500. The summed E-state index contributed by atoms with van der Waals surface area (Å²) in [6.45, 7) is 2.99. The van der Waals surface area contributed by atoms with Gasteiger partial charge in [0.25, 0.3) is 5.91 Å². The van der Waals surface area contributed by atoms with Crippen molar-refractivity contribution in [3.63, 3.8) is 0 Å². The minimum absolute atomic E-state index is 0.00533. The zero-order valence-corrected chi connectivity index (χ0v) is 12.4. The maximum Gasteiger partial charge on any atom is 0.251 e. The van der Waals surface area contributed by atoms with E-state index in [1.807, 2.05) is 0 Å². The Hall–Kier alpha value is -2.04.